The molecule has 2 aromatic carbocycles. The van der Waals surface area contributed by atoms with Gasteiger partial charge in [0, 0.05) is 5.69 Å². The normalized spacial score (nSPS) is 12.4. The summed E-state index contributed by atoms with van der Waals surface area (Å²) in [6.07, 6.45) is -0.613. The van der Waals surface area contributed by atoms with Crippen LogP contribution in [0.2, 0.25) is 0 Å². The van der Waals surface area contributed by atoms with Crippen LogP contribution in [-0.2, 0) is 0 Å². The molecule has 2 aromatic rings. The number of rotatable bonds is 2. The maximum atomic E-state index is 10.2. The maximum absolute atomic E-state index is 10.2. The first kappa shape index (κ1) is 11.7. The largest absolute Gasteiger partial charge is 0.399 e. The zero-order valence-electron chi connectivity index (χ0n) is 10.1. The zero-order valence-corrected chi connectivity index (χ0v) is 10.1. The van der Waals surface area contributed by atoms with Crippen molar-refractivity contribution in [2.75, 3.05) is 5.73 Å². The first-order chi connectivity index (χ1) is 8.08. The number of aryl methyl sites for hydroxylation is 2. The maximum Gasteiger partial charge on any atom is 0.104 e. The second kappa shape index (κ2) is 4.60. The molecular weight excluding hydrogens is 210 g/mol. The fourth-order valence-electron chi connectivity index (χ4n) is 1.77. The number of nitrogen functional groups attached to an aromatic ring is 1. The minimum Gasteiger partial charge on any atom is -0.399 e. The van der Waals surface area contributed by atoms with Crippen molar-refractivity contribution in [2.24, 2.45) is 0 Å². The van der Waals surface area contributed by atoms with E-state index in [4.69, 9.17) is 5.73 Å². The molecule has 0 aliphatic heterocycles. The lowest BCUT2D eigenvalue weighted by atomic mass is 9.99. The molecule has 0 amide bonds. The van der Waals surface area contributed by atoms with Crippen molar-refractivity contribution >= 4 is 5.69 Å². The van der Waals surface area contributed by atoms with E-state index in [0.29, 0.717) is 5.69 Å². The zero-order chi connectivity index (χ0) is 12.4. The molecule has 2 heteroatoms. The quantitative estimate of drug-likeness (QED) is 0.775. The Kier molecular flexibility index (Phi) is 3.16. The number of hydrogen-bond acceptors (Lipinski definition) is 2. The van der Waals surface area contributed by atoms with Gasteiger partial charge in [0.25, 0.3) is 0 Å². The molecule has 0 aromatic heterocycles. The highest BCUT2D eigenvalue weighted by atomic mass is 16.3. The number of aliphatic hydroxyl groups excluding tert-OH is 1. The molecule has 1 atom stereocenters. The summed E-state index contributed by atoms with van der Waals surface area (Å²) in [5, 5.41) is 10.2. The summed E-state index contributed by atoms with van der Waals surface area (Å²) in [5.74, 6) is 0. The monoisotopic (exact) mass is 227 g/mol. The van der Waals surface area contributed by atoms with Gasteiger partial charge in [-0.15, -0.1) is 0 Å². The van der Waals surface area contributed by atoms with Gasteiger partial charge in [0.15, 0.2) is 0 Å². The molecule has 0 bridgehead atoms. The van der Waals surface area contributed by atoms with E-state index in [1.807, 2.05) is 56.3 Å². The van der Waals surface area contributed by atoms with E-state index in [9.17, 15) is 5.11 Å². The fourth-order valence-corrected chi connectivity index (χ4v) is 1.77. The third-order valence-electron chi connectivity index (χ3n) is 3.01. The van der Waals surface area contributed by atoms with Crippen LogP contribution in [0.25, 0.3) is 0 Å². The van der Waals surface area contributed by atoms with Crippen molar-refractivity contribution in [3.05, 3.63) is 64.7 Å². The van der Waals surface area contributed by atoms with E-state index in [2.05, 4.69) is 0 Å². The summed E-state index contributed by atoms with van der Waals surface area (Å²) in [6.45, 7) is 3.98. The standard InChI is InChI=1S/C15H17NO/c1-10-3-6-12(7-4-10)15(17)13-8-5-11(2)14(16)9-13/h3-9,15,17H,16H2,1-2H3/t15-/m1/s1. The highest BCUT2D eigenvalue weighted by Crippen LogP contribution is 2.25. The van der Waals surface area contributed by atoms with Crippen molar-refractivity contribution in [1.29, 1.82) is 0 Å². The van der Waals surface area contributed by atoms with Crippen LogP contribution in [0.15, 0.2) is 42.5 Å². The number of aliphatic hydroxyl groups is 1. The Morgan fingerprint density at radius 3 is 2.12 bits per heavy atom. The molecule has 3 N–H and O–H groups in total. The van der Waals surface area contributed by atoms with Crippen molar-refractivity contribution in [1.82, 2.24) is 0 Å². The van der Waals surface area contributed by atoms with Gasteiger partial charge in [-0.3, -0.25) is 0 Å². The van der Waals surface area contributed by atoms with Crippen LogP contribution in [0.5, 0.6) is 0 Å². The Bertz CT molecular complexity index is 517. The first-order valence-electron chi connectivity index (χ1n) is 5.68. The van der Waals surface area contributed by atoms with Crippen LogP contribution in [-0.4, -0.2) is 5.11 Å². The topological polar surface area (TPSA) is 46.2 Å². The minimum atomic E-state index is -0.613. The number of nitrogens with two attached hydrogens (primary N) is 1. The van der Waals surface area contributed by atoms with Crippen molar-refractivity contribution < 1.29 is 5.11 Å². The SMILES string of the molecule is Cc1ccc([C@@H](O)c2ccc(C)c(N)c2)cc1. The summed E-state index contributed by atoms with van der Waals surface area (Å²) in [7, 11) is 0. The Balaban J connectivity index is 2.33. The molecule has 0 saturated carbocycles. The number of hydrogen-bond donors (Lipinski definition) is 2. The third-order valence-corrected chi connectivity index (χ3v) is 3.01. The molecule has 0 radical (unpaired) electrons. The summed E-state index contributed by atoms with van der Waals surface area (Å²) >= 11 is 0. The van der Waals surface area contributed by atoms with Gasteiger partial charge < -0.3 is 10.8 Å². The average molecular weight is 227 g/mol. The van der Waals surface area contributed by atoms with Gasteiger partial charge in [-0.25, -0.2) is 0 Å². The lowest BCUT2D eigenvalue weighted by Gasteiger charge is -2.13. The number of anilines is 1. The molecule has 0 spiro atoms. The van der Waals surface area contributed by atoms with E-state index < -0.39 is 6.10 Å². The van der Waals surface area contributed by atoms with Crippen LogP contribution in [0, 0.1) is 13.8 Å². The fraction of sp³-hybridized carbons (Fsp3) is 0.200. The predicted octanol–water partition coefficient (Wildman–Crippen LogP) is 2.97. The van der Waals surface area contributed by atoms with Crippen LogP contribution in [0.1, 0.15) is 28.4 Å². The molecule has 0 saturated heterocycles. The van der Waals surface area contributed by atoms with Crippen LogP contribution in [0.3, 0.4) is 0 Å². The van der Waals surface area contributed by atoms with Gasteiger partial charge in [0.2, 0.25) is 0 Å². The predicted molar refractivity (Wildman–Crippen MR) is 70.8 cm³/mol. The minimum absolute atomic E-state index is 0.613. The van der Waals surface area contributed by atoms with Crippen LogP contribution < -0.4 is 5.73 Å². The van der Waals surface area contributed by atoms with E-state index in [-0.39, 0.29) is 0 Å². The smallest absolute Gasteiger partial charge is 0.104 e. The van der Waals surface area contributed by atoms with E-state index in [1.165, 1.54) is 5.56 Å². The molecule has 0 heterocycles. The van der Waals surface area contributed by atoms with Gasteiger partial charge >= 0.3 is 0 Å². The Morgan fingerprint density at radius 1 is 0.941 bits per heavy atom. The molecule has 0 unspecified atom stereocenters. The molecule has 88 valence electrons. The van der Waals surface area contributed by atoms with Gasteiger partial charge in [0.05, 0.1) is 0 Å². The average Bonchev–Trinajstić information content (AvgIpc) is 2.33. The van der Waals surface area contributed by atoms with Crippen molar-refractivity contribution in [3.63, 3.8) is 0 Å². The molecule has 2 nitrogen and oxygen atoms in total. The Hall–Kier alpha value is -1.80. The van der Waals surface area contributed by atoms with E-state index in [0.717, 1.165) is 16.7 Å². The van der Waals surface area contributed by atoms with Gasteiger partial charge in [0.1, 0.15) is 6.10 Å². The molecule has 0 fully saturated rings. The lowest BCUT2D eigenvalue weighted by Crippen LogP contribution is -2.01. The van der Waals surface area contributed by atoms with E-state index >= 15 is 0 Å². The molecule has 17 heavy (non-hydrogen) atoms. The van der Waals surface area contributed by atoms with Gasteiger partial charge in [-0.05, 0) is 36.6 Å². The molecule has 2 rings (SSSR count). The third kappa shape index (κ3) is 2.48. The van der Waals surface area contributed by atoms with Crippen LogP contribution >= 0.6 is 0 Å². The highest BCUT2D eigenvalue weighted by molar-refractivity contribution is 5.50. The second-order valence-electron chi connectivity index (χ2n) is 4.43. The summed E-state index contributed by atoms with van der Waals surface area (Å²) in [5.41, 5.74) is 10.5. The van der Waals surface area contributed by atoms with Crippen molar-refractivity contribution in [3.8, 4) is 0 Å². The molecule has 0 aliphatic rings. The van der Waals surface area contributed by atoms with E-state index in [1.54, 1.807) is 0 Å². The lowest BCUT2D eigenvalue weighted by molar-refractivity contribution is 0.220. The molecular formula is C15H17NO. The van der Waals surface area contributed by atoms with Crippen LogP contribution in [0.4, 0.5) is 5.69 Å². The highest BCUT2D eigenvalue weighted by Gasteiger charge is 2.10. The Labute approximate surface area is 102 Å². The number of benzene rings is 2. The summed E-state index contributed by atoms with van der Waals surface area (Å²) in [6, 6.07) is 13.6. The summed E-state index contributed by atoms with van der Waals surface area (Å²) in [4.78, 5) is 0. The Morgan fingerprint density at radius 2 is 1.53 bits per heavy atom. The second-order valence-corrected chi connectivity index (χ2v) is 4.43. The van der Waals surface area contributed by atoms with Gasteiger partial charge in [-0.1, -0.05) is 42.0 Å². The first-order valence-corrected chi connectivity index (χ1v) is 5.68. The van der Waals surface area contributed by atoms with Crippen molar-refractivity contribution in [2.45, 2.75) is 20.0 Å². The van der Waals surface area contributed by atoms with Gasteiger partial charge in [-0.2, -0.15) is 0 Å². The molecule has 0 aliphatic carbocycles. The summed E-state index contributed by atoms with van der Waals surface area (Å²) < 4.78 is 0.